The molecule has 1 unspecified atom stereocenters. The molecule has 0 radical (unpaired) electrons. The average molecular weight is 408 g/mol. The van der Waals surface area contributed by atoms with Gasteiger partial charge in [-0.25, -0.2) is 0 Å². The minimum atomic E-state index is -4.77. The quantitative estimate of drug-likeness (QED) is 0.779. The van der Waals surface area contributed by atoms with Crippen molar-refractivity contribution in [2.45, 2.75) is 19.2 Å². The Morgan fingerprint density at radius 1 is 0.931 bits per heavy atom. The van der Waals surface area contributed by atoms with Crippen molar-refractivity contribution in [1.29, 1.82) is 0 Å². The largest absolute Gasteiger partial charge is 0.573 e. The topological polar surface area (TPSA) is 63.0 Å². The van der Waals surface area contributed by atoms with Crippen LogP contribution in [0.2, 0.25) is 0 Å². The summed E-state index contributed by atoms with van der Waals surface area (Å²) in [6.45, 7) is 2.25. The highest BCUT2D eigenvalue weighted by molar-refractivity contribution is 5.95. The molecule has 2 aromatic rings. The first-order valence-corrected chi connectivity index (χ1v) is 9.21. The number of ether oxygens (including phenoxy) is 1. The van der Waals surface area contributed by atoms with Crippen LogP contribution in [0, 0.1) is 5.41 Å². The second-order valence-corrected chi connectivity index (χ2v) is 7.54. The number of carbonyl (C=O) groups excluding carboxylic acids is 2. The molecule has 2 saturated heterocycles. The molecule has 4 rings (SSSR count). The van der Waals surface area contributed by atoms with E-state index in [9.17, 15) is 22.8 Å². The number of benzene rings is 1. The lowest BCUT2D eigenvalue weighted by molar-refractivity contribution is -0.274. The Morgan fingerprint density at radius 2 is 1.52 bits per heavy atom. The lowest BCUT2D eigenvalue weighted by Gasteiger charge is -2.24. The second-order valence-electron chi connectivity index (χ2n) is 7.54. The van der Waals surface area contributed by atoms with Crippen LogP contribution in [0.15, 0.2) is 47.3 Å². The fraction of sp³-hybridized carbons (Fsp3) is 0.400. The maximum absolute atomic E-state index is 12.8. The van der Waals surface area contributed by atoms with Crippen molar-refractivity contribution < 1.29 is 31.9 Å². The molecule has 1 aromatic carbocycles. The van der Waals surface area contributed by atoms with Crippen molar-refractivity contribution in [3.05, 3.63) is 54.0 Å². The van der Waals surface area contributed by atoms with Gasteiger partial charge in [0, 0.05) is 37.2 Å². The van der Waals surface area contributed by atoms with Gasteiger partial charge in [0.1, 0.15) is 12.0 Å². The Labute approximate surface area is 164 Å². The Bertz CT molecular complexity index is 895. The van der Waals surface area contributed by atoms with E-state index < -0.39 is 6.36 Å². The number of hydrogen-bond acceptors (Lipinski definition) is 4. The molecule has 1 spiro atoms. The number of furan rings is 1. The molecule has 0 aliphatic carbocycles. The Hall–Kier alpha value is -2.97. The predicted octanol–water partition coefficient (Wildman–Crippen LogP) is 3.56. The van der Waals surface area contributed by atoms with Gasteiger partial charge < -0.3 is 19.0 Å². The first kappa shape index (κ1) is 19.4. The van der Waals surface area contributed by atoms with Crippen molar-refractivity contribution >= 4 is 11.8 Å². The van der Waals surface area contributed by atoms with E-state index in [4.69, 9.17) is 4.42 Å². The van der Waals surface area contributed by atoms with Crippen molar-refractivity contribution in [2.24, 2.45) is 5.41 Å². The Balaban J connectivity index is 1.38. The summed E-state index contributed by atoms with van der Waals surface area (Å²) in [5.41, 5.74) is 0.670. The third-order valence-corrected chi connectivity index (χ3v) is 5.55. The summed E-state index contributed by atoms with van der Waals surface area (Å²) in [5.74, 6) is -0.683. The number of halogens is 3. The molecule has 9 heteroatoms. The number of nitrogens with zero attached hydrogens (tertiary/aromatic N) is 2. The highest BCUT2D eigenvalue weighted by Gasteiger charge is 2.46. The van der Waals surface area contributed by atoms with Crippen LogP contribution in [-0.4, -0.2) is 54.2 Å². The molecule has 29 heavy (non-hydrogen) atoms. The standard InChI is InChI=1S/C20H19F3N2O4/c21-20(22,23)29-16-3-1-14(2-4-16)17(26)24-8-6-19(12-24)7-9-25(13-19)18(27)15-5-10-28-11-15/h1-5,10-11H,6-9,12-13H2. The van der Waals surface area contributed by atoms with Gasteiger partial charge in [-0.05, 0) is 43.2 Å². The van der Waals surface area contributed by atoms with E-state index in [1.165, 1.54) is 24.7 Å². The maximum Gasteiger partial charge on any atom is 0.573 e. The lowest BCUT2D eigenvalue weighted by atomic mass is 9.86. The molecule has 154 valence electrons. The SMILES string of the molecule is O=C(c1ccc(OC(F)(F)F)cc1)N1CCC2(CCN(C(=O)c3ccoc3)C2)C1. The smallest absolute Gasteiger partial charge is 0.472 e. The van der Waals surface area contributed by atoms with Gasteiger partial charge in [-0.15, -0.1) is 13.2 Å². The van der Waals surface area contributed by atoms with Gasteiger partial charge in [-0.3, -0.25) is 9.59 Å². The summed E-state index contributed by atoms with van der Waals surface area (Å²) >= 11 is 0. The molecule has 1 aromatic heterocycles. The molecule has 0 saturated carbocycles. The van der Waals surface area contributed by atoms with E-state index >= 15 is 0 Å². The molecule has 0 bridgehead atoms. The van der Waals surface area contributed by atoms with Gasteiger partial charge in [0.25, 0.3) is 11.8 Å². The van der Waals surface area contributed by atoms with Gasteiger partial charge >= 0.3 is 6.36 Å². The van der Waals surface area contributed by atoms with Crippen LogP contribution in [0.1, 0.15) is 33.6 Å². The van der Waals surface area contributed by atoms with Crippen LogP contribution in [0.4, 0.5) is 13.2 Å². The van der Waals surface area contributed by atoms with Gasteiger partial charge in [0.05, 0.1) is 11.8 Å². The zero-order valence-electron chi connectivity index (χ0n) is 15.4. The van der Waals surface area contributed by atoms with Crippen LogP contribution in [-0.2, 0) is 0 Å². The molecule has 2 aliphatic rings. The fourth-order valence-corrected chi connectivity index (χ4v) is 4.10. The van der Waals surface area contributed by atoms with E-state index in [0.29, 0.717) is 37.3 Å². The number of alkyl halides is 3. The summed E-state index contributed by atoms with van der Waals surface area (Å²) in [5, 5.41) is 0. The van der Waals surface area contributed by atoms with Gasteiger partial charge in [0.2, 0.25) is 0 Å². The first-order valence-electron chi connectivity index (χ1n) is 9.21. The molecule has 2 aliphatic heterocycles. The minimum absolute atomic E-state index is 0.0827. The molecule has 0 N–H and O–H groups in total. The van der Waals surface area contributed by atoms with Gasteiger partial charge in [0.15, 0.2) is 0 Å². The van der Waals surface area contributed by atoms with E-state index in [-0.39, 0.29) is 23.0 Å². The fourth-order valence-electron chi connectivity index (χ4n) is 4.10. The highest BCUT2D eigenvalue weighted by Crippen LogP contribution is 2.40. The van der Waals surface area contributed by atoms with Crippen molar-refractivity contribution in [3.63, 3.8) is 0 Å². The highest BCUT2D eigenvalue weighted by atomic mass is 19.4. The minimum Gasteiger partial charge on any atom is -0.472 e. The van der Waals surface area contributed by atoms with Crippen LogP contribution >= 0.6 is 0 Å². The van der Waals surface area contributed by atoms with E-state index in [2.05, 4.69) is 4.74 Å². The summed E-state index contributed by atoms with van der Waals surface area (Å²) < 4.78 is 45.6. The molecular weight excluding hydrogens is 389 g/mol. The average Bonchev–Trinajstić information content (AvgIpc) is 3.42. The summed E-state index contributed by atoms with van der Waals surface area (Å²) in [6, 6.07) is 6.56. The summed E-state index contributed by atoms with van der Waals surface area (Å²) in [7, 11) is 0. The van der Waals surface area contributed by atoms with E-state index in [1.807, 2.05) is 0 Å². The van der Waals surface area contributed by atoms with Crippen molar-refractivity contribution in [3.8, 4) is 5.75 Å². The normalized spacial score (nSPS) is 21.8. The van der Waals surface area contributed by atoms with Crippen molar-refractivity contribution in [2.75, 3.05) is 26.2 Å². The third-order valence-electron chi connectivity index (χ3n) is 5.55. The molecule has 3 heterocycles. The number of rotatable bonds is 3. The third kappa shape index (κ3) is 4.08. The van der Waals surface area contributed by atoms with Gasteiger partial charge in [-0.2, -0.15) is 0 Å². The molecule has 2 fully saturated rings. The molecule has 2 amide bonds. The zero-order chi connectivity index (χ0) is 20.6. The van der Waals surface area contributed by atoms with Crippen molar-refractivity contribution in [1.82, 2.24) is 9.80 Å². The Morgan fingerprint density at radius 3 is 2.03 bits per heavy atom. The number of hydrogen-bond donors (Lipinski definition) is 0. The molecule has 1 atom stereocenters. The predicted molar refractivity (Wildman–Crippen MR) is 95.3 cm³/mol. The van der Waals surface area contributed by atoms with Crippen LogP contribution in [0.25, 0.3) is 0 Å². The summed E-state index contributed by atoms with van der Waals surface area (Å²) in [6.07, 6.45) is -0.305. The van der Waals surface area contributed by atoms with E-state index in [0.717, 1.165) is 25.0 Å². The first-order chi connectivity index (χ1) is 13.7. The zero-order valence-corrected chi connectivity index (χ0v) is 15.4. The maximum atomic E-state index is 12.8. The van der Waals surface area contributed by atoms with Crippen LogP contribution in [0.3, 0.4) is 0 Å². The number of likely N-dealkylation sites (tertiary alicyclic amines) is 2. The monoisotopic (exact) mass is 408 g/mol. The number of amides is 2. The van der Waals surface area contributed by atoms with Crippen LogP contribution < -0.4 is 4.74 Å². The second kappa shape index (κ2) is 7.13. The van der Waals surface area contributed by atoms with Crippen LogP contribution in [0.5, 0.6) is 5.75 Å². The molecule has 6 nitrogen and oxygen atoms in total. The molecular formula is C20H19F3N2O4. The lowest BCUT2D eigenvalue weighted by Crippen LogP contribution is -2.35. The Kier molecular flexibility index (Phi) is 4.76. The van der Waals surface area contributed by atoms with E-state index in [1.54, 1.807) is 15.9 Å². The number of carbonyl (C=O) groups is 2. The van der Waals surface area contributed by atoms with Gasteiger partial charge in [-0.1, -0.05) is 0 Å². The summed E-state index contributed by atoms with van der Waals surface area (Å²) in [4.78, 5) is 28.7.